The minimum atomic E-state index is 1.35. The Kier molecular flexibility index (Phi) is 1.44. The number of rotatable bonds is 0. The zero-order valence-electron chi connectivity index (χ0n) is 2.89. The van der Waals surface area contributed by atoms with Crippen LogP contribution in [0.1, 0.15) is 6.42 Å². The summed E-state index contributed by atoms with van der Waals surface area (Å²) < 4.78 is 0. The molecule has 1 aliphatic rings. The van der Waals surface area contributed by atoms with Gasteiger partial charge in [0.15, 0.2) is 0 Å². The van der Waals surface area contributed by atoms with Crippen molar-refractivity contribution in [3.8, 4) is 0 Å². The summed E-state index contributed by atoms with van der Waals surface area (Å²) in [6.07, 6.45) is 2.75. The Morgan fingerprint density at radius 2 is 2.80 bits per heavy atom. The zero-order chi connectivity index (χ0) is 3.54. The molecule has 0 aliphatic carbocycles. The van der Waals surface area contributed by atoms with Crippen molar-refractivity contribution in [2.24, 2.45) is 0 Å². The average Bonchev–Trinajstić information content (AvgIpc) is 1.76. The van der Waals surface area contributed by atoms with Gasteiger partial charge in [0.05, 0.1) is 0 Å². The van der Waals surface area contributed by atoms with Gasteiger partial charge in [0.1, 0.15) is 0 Å². The molecule has 0 unspecified atom stereocenters. The predicted octanol–water partition coefficient (Wildman–Crippen LogP) is 2.00. The summed E-state index contributed by atoms with van der Waals surface area (Å²) in [5, 5.41) is 0. The Bertz CT molecular complexity index is 70.9. The molecule has 0 saturated heterocycles. The third-order valence-corrected chi connectivity index (χ3v) is 3.14. The first-order valence-corrected chi connectivity index (χ1v) is 4.43. The monoisotopic (exact) mass is 103 g/mol. The Labute approximate surface area is 34.6 Å². The second-order valence-electron chi connectivity index (χ2n) is 0.952. The van der Waals surface area contributed by atoms with Crippen LogP contribution in [-0.4, -0.2) is 12.0 Å². The van der Waals surface area contributed by atoms with Gasteiger partial charge in [-0.05, 0) is 0 Å². The van der Waals surface area contributed by atoms with Crippen LogP contribution in [0.25, 0.3) is 0 Å². The van der Waals surface area contributed by atoms with Crippen LogP contribution in [0, 0.1) is 0 Å². The van der Waals surface area contributed by atoms with Crippen molar-refractivity contribution in [1.82, 2.24) is 0 Å². The molecular weight excluding hydrogens is 98.0 g/mol. The van der Waals surface area contributed by atoms with Gasteiger partial charge in [0.2, 0.25) is 0 Å². The topological polar surface area (TPSA) is 0 Å². The van der Waals surface area contributed by atoms with E-state index in [-0.39, 0.29) is 0 Å². The second kappa shape index (κ2) is 1.90. The van der Waals surface area contributed by atoms with E-state index in [1.54, 1.807) is 7.87 Å². The fraction of sp³-hybridized carbons (Fsp3) is 0.667. The minimum absolute atomic E-state index is 1.35. The molecule has 0 aromatic rings. The molecule has 0 N–H and O–H groups in total. The summed E-state index contributed by atoms with van der Waals surface area (Å²) in [7, 11) is 3.15. The van der Waals surface area contributed by atoms with Crippen LogP contribution in [0.5, 0.6) is 0 Å². The zero-order valence-corrected chi connectivity index (χ0v) is 4.67. The molecule has 0 spiro atoms. The summed E-state index contributed by atoms with van der Waals surface area (Å²) in [5.41, 5.74) is 0. The number of hydrogen-bond donors (Lipinski definition) is 0. The molecule has 1 heterocycles. The van der Waals surface area contributed by atoms with Gasteiger partial charge in [-0.25, -0.2) is 0 Å². The van der Waals surface area contributed by atoms with E-state index in [4.69, 9.17) is 0 Å². The molecule has 0 saturated carbocycles. The summed E-state index contributed by atoms with van der Waals surface area (Å²) >= 11 is 0. The van der Waals surface area contributed by atoms with Gasteiger partial charge in [-0.3, -0.25) is 0 Å². The molecule has 0 fully saturated rings. The van der Waals surface area contributed by atoms with E-state index in [2.05, 4.69) is 5.80 Å². The molecule has 26 valence electrons. The van der Waals surface area contributed by atoms with E-state index in [1.807, 2.05) is 0 Å². The van der Waals surface area contributed by atoms with Gasteiger partial charge < -0.3 is 0 Å². The van der Waals surface area contributed by atoms with Gasteiger partial charge >= 0.3 is 33.7 Å². The van der Waals surface area contributed by atoms with E-state index in [0.29, 0.717) is 0 Å². The average molecular weight is 103 g/mol. The van der Waals surface area contributed by atoms with Gasteiger partial charge in [-0.15, -0.1) is 0 Å². The second-order valence-corrected chi connectivity index (χ2v) is 3.82. The van der Waals surface area contributed by atoms with Crippen LogP contribution >= 0.6 is 15.4 Å². The summed E-state index contributed by atoms with van der Waals surface area (Å²) in [6.45, 7) is 0. The van der Waals surface area contributed by atoms with E-state index in [1.165, 1.54) is 20.1 Å². The van der Waals surface area contributed by atoms with Gasteiger partial charge in [-0.2, -0.15) is 0 Å². The normalized spacial score (nSPS) is 22.4. The van der Waals surface area contributed by atoms with Crippen molar-refractivity contribution in [2.45, 2.75) is 6.42 Å². The molecule has 1 rings (SSSR count). The molecular formula is C3H5P2+. The Balaban J connectivity index is 2.64. The molecule has 0 atom stereocenters. The Morgan fingerprint density at radius 3 is 3.00 bits per heavy atom. The van der Waals surface area contributed by atoms with E-state index < -0.39 is 0 Å². The van der Waals surface area contributed by atoms with Crippen LogP contribution < -0.4 is 0 Å². The molecule has 0 bridgehead atoms. The molecule has 2 heteroatoms. The maximum absolute atomic E-state index is 2.32. The first-order valence-electron chi connectivity index (χ1n) is 1.68. The van der Waals surface area contributed by atoms with Gasteiger partial charge in [0.25, 0.3) is 0 Å². The van der Waals surface area contributed by atoms with Crippen molar-refractivity contribution >= 4 is 21.2 Å². The molecule has 5 heavy (non-hydrogen) atoms. The predicted molar refractivity (Wildman–Crippen MR) is 29.4 cm³/mol. The molecule has 0 radical (unpaired) electrons. The summed E-state index contributed by atoms with van der Waals surface area (Å²) in [4.78, 5) is 0. The molecule has 0 nitrogen and oxygen atoms in total. The quantitative estimate of drug-likeness (QED) is 0.411. The molecule has 0 aromatic heterocycles. The van der Waals surface area contributed by atoms with E-state index in [0.717, 1.165) is 0 Å². The first-order chi connectivity index (χ1) is 2.50. The Morgan fingerprint density at radius 1 is 1.80 bits per heavy atom. The van der Waals surface area contributed by atoms with Crippen LogP contribution in [-0.2, 0) is 0 Å². The fourth-order valence-corrected chi connectivity index (χ4v) is 2.60. The summed E-state index contributed by atoms with van der Waals surface area (Å²) in [6, 6.07) is 0. The van der Waals surface area contributed by atoms with Crippen molar-refractivity contribution in [1.29, 1.82) is 0 Å². The third-order valence-electron chi connectivity index (χ3n) is 0.521. The molecule has 1 aliphatic heterocycles. The molecule has 0 amide bonds. The SMILES string of the molecule is C1=[P+]=PCC1. The first kappa shape index (κ1) is 3.78. The van der Waals surface area contributed by atoms with E-state index in [9.17, 15) is 0 Å². The maximum atomic E-state index is 2.32. The van der Waals surface area contributed by atoms with E-state index >= 15 is 0 Å². The van der Waals surface area contributed by atoms with Crippen molar-refractivity contribution in [2.75, 3.05) is 6.16 Å². The van der Waals surface area contributed by atoms with Crippen molar-refractivity contribution < 1.29 is 0 Å². The third kappa shape index (κ3) is 0.992. The van der Waals surface area contributed by atoms with Crippen LogP contribution in [0.3, 0.4) is 0 Å². The number of hydrogen-bond acceptors (Lipinski definition) is 0. The van der Waals surface area contributed by atoms with Gasteiger partial charge in [0, 0.05) is 0 Å². The molecule has 0 aromatic carbocycles. The van der Waals surface area contributed by atoms with Crippen LogP contribution in [0.4, 0.5) is 0 Å². The van der Waals surface area contributed by atoms with Gasteiger partial charge in [-0.1, -0.05) is 0 Å². The summed E-state index contributed by atoms with van der Waals surface area (Å²) in [5.74, 6) is 2.32. The van der Waals surface area contributed by atoms with Crippen molar-refractivity contribution in [3.05, 3.63) is 0 Å². The van der Waals surface area contributed by atoms with Crippen LogP contribution in [0.15, 0.2) is 0 Å². The fourth-order valence-electron chi connectivity index (χ4n) is 0.289. The van der Waals surface area contributed by atoms with Crippen LogP contribution in [0.2, 0.25) is 0 Å². The van der Waals surface area contributed by atoms with Crippen molar-refractivity contribution in [3.63, 3.8) is 0 Å². The Hall–Kier alpha value is 0.600. The standard InChI is InChI=1S/C3H5P2/c1-2-4-5-3-1/h2H,1,3H2/q+1.